The van der Waals surface area contributed by atoms with Crippen molar-refractivity contribution in [3.05, 3.63) is 18.2 Å². The number of aromatic nitrogens is 2. The van der Waals surface area contributed by atoms with Crippen molar-refractivity contribution in [3.8, 4) is 0 Å². The van der Waals surface area contributed by atoms with E-state index >= 15 is 0 Å². The van der Waals surface area contributed by atoms with Crippen molar-refractivity contribution in [2.45, 2.75) is 24.9 Å². The Balaban J connectivity index is 1.84. The lowest BCUT2D eigenvalue weighted by Gasteiger charge is -2.22. The van der Waals surface area contributed by atoms with Crippen LogP contribution in [0.15, 0.2) is 12.5 Å². The molecule has 2 aliphatic heterocycles. The van der Waals surface area contributed by atoms with Crippen molar-refractivity contribution in [2.24, 2.45) is 11.7 Å². The Morgan fingerprint density at radius 2 is 2.37 bits per heavy atom. The van der Waals surface area contributed by atoms with Crippen LogP contribution in [-0.2, 0) is 9.53 Å². The highest BCUT2D eigenvalue weighted by atomic mass is 16.5. The van der Waals surface area contributed by atoms with Crippen molar-refractivity contribution >= 4 is 5.91 Å². The summed E-state index contributed by atoms with van der Waals surface area (Å²) in [4.78, 5) is 18.1. The van der Waals surface area contributed by atoms with E-state index in [1.54, 1.807) is 17.4 Å². The third-order valence-corrected chi connectivity index (χ3v) is 4.25. The van der Waals surface area contributed by atoms with E-state index in [4.69, 9.17) is 10.5 Å². The SMILES string of the molecule is CN1CCC(n2cncc2C(N)C2CCOC2)C1=O. The second-order valence-corrected chi connectivity index (χ2v) is 5.44. The zero-order chi connectivity index (χ0) is 13.4. The normalized spacial score (nSPS) is 29.2. The van der Waals surface area contributed by atoms with Crippen LogP contribution in [0.3, 0.4) is 0 Å². The minimum absolute atomic E-state index is 0.108. The number of likely N-dealkylation sites (N-methyl/N-ethyl adjacent to an activating group) is 1. The van der Waals surface area contributed by atoms with Gasteiger partial charge in [0.2, 0.25) is 5.91 Å². The summed E-state index contributed by atoms with van der Waals surface area (Å²) in [5.74, 6) is 0.471. The number of hydrogen-bond acceptors (Lipinski definition) is 4. The van der Waals surface area contributed by atoms with Crippen molar-refractivity contribution in [2.75, 3.05) is 26.8 Å². The summed E-state index contributed by atoms with van der Waals surface area (Å²) in [5, 5.41) is 0. The third-order valence-electron chi connectivity index (χ3n) is 4.25. The van der Waals surface area contributed by atoms with Gasteiger partial charge in [-0.05, 0) is 12.8 Å². The van der Waals surface area contributed by atoms with Gasteiger partial charge in [0.05, 0.1) is 24.7 Å². The first-order chi connectivity index (χ1) is 9.18. The molecule has 3 atom stereocenters. The topological polar surface area (TPSA) is 73.4 Å². The fourth-order valence-corrected chi connectivity index (χ4v) is 2.97. The first-order valence-corrected chi connectivity index (χ1v) is 6.78. The molecule has 0 aliphatic carbocycles. The molecule has 2 fully saturated rings. The average Bonchev–Trinajstić information content (AvgIpc) is 3.12. The number of imidazole rings is 1. The van der Waals surface area contributed by atoms with Gasteiger partial charge >= 0.3 is 0 Å². The molecule has 3 rings (SSSR count). The van der Waals surface area contributed by atoms with Crippen LogP contribution in [-0.4, -0.2) is 47.2 Å². The number of hydrogen-bond donors (Lipinski definition) is 1. The Morgan fingerprint density at radius 3 is 3.00 bits per heavy atom. The number of carbonyl (C=O) groups excluding carboxylic acids is 1. The molecular formula is C13H20N4O2. The predicted molar refractivity (Wildman–Crippen MR) is 69.4 cm³/mol. The second-order valence-electron chi connectivity index (χ2n) is 5.44. The summed E-state index contributed by atoms with van der Waals surface area (Å²) >= 11 is 0. The molecule has 1 aromatic rings. The van der Waals surface area contributed by atoms with Crippen LogP contribution in [0.25, 0.3) is 0 Å². The minimum Gasteiger partial charge on any atom is -0.381 e. The van der Waals surface area contributed by atoms with Gasteiger partial charge in [0.1, 0.15) is 6.04 Å². The molecule has 6 heteroatoms. The standard InChI is InChI=1S/C13H20N4O2/c1-16-4-2-10(13(16)18)17-8-15-6-11(17)12(14)9-3-5-19-7-9/h6,8-10,12H,2-5,7,14H2,1H3. The summed E-state index contributed by atoms with van der Waals surface area (Å²) in [6.45, 7) is 2.27. The van der Waals surface area contributed by atoms with Gasteiger partial charge in [-0.2, -0.15) is 0 Å². The Kier molecular flexibility index (Phi) is 3.28. The molecule has 0 radical (unpaired) electrons. The van der Waals surface area contributed by atoms with E-state index in [9.17, 15) is 4.79 Å². The number of ether oxygens (including phenoxy) is 1. The molecule has 2 aliphatic rings. The van der Waals surface area contributed by atoms with Gasteiger partial charge in [-0.3, -0.25) is 4.79 Å². The van der Waals surface area contributed by atoms with Gasteiger partial charge in [-0.25, -0.2) is 4.98 Å². The minimum atomic E-state index is -0.143. The second kappa shape index (κ2) is 4.94. The van der Waals surface area contributed by atoms with Crippen molar-refractivity contribution in [1.82, 2.24) is 14.5 Å². The number of amides is 1. The number of rotatable bonds is 3. The predicted octanol–water partition coefficient (Wildman–Crippen LogP) is 0.323. The van der Waals surface area contributed by atoms with Crippen molar-refractivity contribution in [3.63, 3.8) is 0 Å². The number of nitrogens with zero attached hydrogens (tertiary/aromatic N) is 3. The lowest BCUT2D eigenvalue weighted by molar-refractivity contribution is -0.129. The van der Waals surface area contributed by atoms with Crippen LogP contribution < -0.4 is 5.73 Å². The fraction of sp³-hybridized carbons (Fsp3) is 0.692. The van der Waals surface area contributed by atoms with E-state index in [2.05, 4.69) is 4.98 Å². The molecule has 19 heavy (non-hydrogen) atoms. The highest BCUT2D eigenvalue weighted by molar-refractivity contribution is 5.82. The van der Waals surface area contributed by atoms with E-state index in [1.165, 1.54) is 0 Å². The molecule has 104 valence electrons. The Bertz CT molecular complexity index is 467. The van der Waals surface area contributed by atoms with E-state index in [-0.39, 0.29) is 18.0 Å². The highest BCUT2D eigenvalue weighted by Gasteiger charge is 2.34. The third kappa shape index (κ3) is 2.15. The highest BCUT2D eigenvalue weighted by Crippen LogP contribution is 2.30. The molecule has 0 bridgehead atoms. The van der Waals surface area contributed by atoms with E-state index in [1.807, 2.05) is 11.6 Å². The number of carbonyl (C=O) groups is 1. The lowest BCUT2D eigenvalue weighted by atomic mass is 9.97. The van der Waals surface area contributed by atoms with E-state index in [0.29, 0.717) is 12.5 Å². The first-order valence-electron chi connectivity index (χ1n) is 6.78. The van der Waals surface area contributed by atoms with Gasteiger partial charge in [0.15, 0.2) is 0 Å². The maximum atomic E-state index is 12.1. The Morgan fingerprint density at radius 1 is 1.53 bits per heavy atom. The molecule has 3 unspecified atom stereocenters. The lowest BCUT2D eigenvalue weighted by Crippen LogP contribution is -2.29. The monoisotopic (exact) mass is 264 g/mol. The average molecular weight is 264 g/mol. The molecular weight excluding hydrogens is 244 g/mol. The summed E-state index contributed by atoms with van der Waals surface area (Å²) in [6.07, 6.45) is 5.32. The smallest absolute Gasteiger partial charge is 0.245 e. The quantitative estimate of drug-likeness (QED) is 0.853. The summed E-state index contributed by atoms with van der Waals surface area (Å²) < 4.78 is 7.35. The molecule has 3 heterocycles. The van der Waals surface area contributed by atoms with Crippen LogP contribution in [0.1, 0.15) is 30.6 Å². The first kappa shape index (κ1) is 12.6. The van der Waals surface area contributed by atoms with Gasteiger partial charge < -0.3 is 19.9 Å². The zero-order valence-electron chi connectivity index (χ0n) is 11.2. The molecule has 2 saturated heterocycles. The molecule has 0 spiro atoms. The summed E-state index contributed by atoms with van der Waals surface area (Å²) in [5.41, 5.74) is 7.28. The van der Waals surface area contributed by atoms with Crippen LogP contribution >= 0.6 is 0 Å². The van der Waals surface area contributed by atoms with Crippen molar-refractivity contribution in [1.29, 1.82) is 0 Å². The molecule has 0 saturated carbocycles. The largest absolute Gasteiger partial charge is 0.381 e. The van der Waals surface area contributed by atoms with Crippen LogP contribution in [0.4, 0.5) is 0 Å². The van der Waals surface area contributed by atoms with E-state index < -0.39 is 0 Å². The van der Waals surface area contributed by atoms with Gasteiger partial charge in [-0.15, -0.1) is 0 Å². The van der Waals surface area contributed by atoms with E-state index in [0.717, 1.165) is 31.7 Å². The Hall–Kier alpha value is -1.40. The summed E-state index contributed by atoms with van der Waals surface area (Å²) in [7, 11) is 1.84. The fourth-order valence-electron chi connectivity index (χ4n) is 2.97. The van der Waals surface area contributed by atoms with Gasteiger partial charge in [0.25, 0.3) is 0 Å². The molecule has 0 aromatic carbocycles. The molecule has 1 aromatic heterocycles. The Labute approximate surface area is 112 Å². The molecule has 2 N–H and O–H groups in total. The van der Waals surface area contributed by atoms with Crippen LogP contribution in [0.2, 0.25) is 0 Å². The number of likely N-dealkylation sites (tertiary alicyclic amines) is 1. The van der Waals surface area contributed by atoms with Gasteiger partial charge in [0, 0.05) is 32.3 Å². The summed E-state index contributed by atoms with van der Waals surface area (Å²) in [6, 6.07) is -0.250. The molecule has 1 amide bonds. The van der Waals surface area contributed by atoms with Crippen molar-refractivity contribution < 1.29 is 9.53 Å². The van der Waals surface area contributed by atoms with Crippen LogP contribution in [0, 0.1) is 5.92 Å². The molecule has 6 nitrogen and oxygen atoms in total. The van der Waals surface area contributed by atoms with Crippen LogP contribution in [0.5, 0.6) is 0 Å². The maximum absolute atomic E-state index is 12.1. The van der Waals surface area contributed by atoms with Gasteiger partial charge in [-0.1, -0.05) is 0 Å². The zero-order valence-corrected chi connectivity index (χ0v) is 11.2. The maximum Gasteiger partial charge on any atom is 0.245 e. The number of nitrogens with two attached hydrogens (primary N) is 1.